The first-order valence-electron chi connectivity index (χ1n) is 8.02. The minimum Gasteiger partial charge on any atom is -0.449 e. The molecule has 1 fully saturated rings. The Kier molecular flexibility index (Phi) is 3.41. The van der Waals surface area contributed by atoms with Gasteiger partial charge in [-0.15, -0.1) is 6.58 Å². The molecule has 0 unspecified atom stereocenters. The van der Waals surface area contributed by atoms with Gasteiger partial charge in [0.25, 0.3) is 0 Å². The van der Waals surface area contributed by atoms with E-state index in [9.17, 15) is 4.79 Å². The minimum absolute atomic E-state index is 0.113. The Bertz CT molecular complexity index is 722. The summed E-state index contributed by atoms with van der Waals surface area (Å²) in [6.07, 6.45) is 2.52. The van der Waals surface area contributed by atoms with Crippen LogP contribution in [0, 0.1) is 5.92 Å². The number of amides is 1. The Hall–Kier alpha value is -2.55. The van der Waals surface area contributed by atoms with Crippen molar-refractivity contribution in [2.45, 2.75) is 18.4 Å². The molecule has 1 saturated carbocycles. The number of alkyl carbamates (subject to hydrolysis) is 1. The zero-order chi connectivity index (χ0) is 15.8. The second-order valence-corrected chi connectivity index (χ2v) is 6.21. The molecule has 2 aliphatic carbocycles. The van der Waals surface area contributed by atoms with Crippen molar-refractivity contribution >= 4 is 6.09 Å². The number of benzene rings is 2. The van der Waals surface area contributed by atoms with E-state index in [0.717, 1.165) is 6.42 Å². The van der Waals surface area contributed by atoms with Crippen molar-refractivity contribution in [1.29, 1.82) is 0 Å². The van der Waals surface area contributed by atoms with Gasteiger partial charge in [0, 0.05) is 12.0 Å². The Morgan fingerprint density at radius 1 is 1.13 bits per heavy atom. The fraction of sp³-hybridized carbons (Fsp3) is 0.250. The van der Waals surface area contributed by atoms with E-state index in [-0.39, 0.29) is 18.1 Å². The molecule has 1 N–H and O–H groups in total. The molecule has 3 nitrogen and oxygen atoms in total. The van der Waals surface area contributed by atoms with Crippen LogP contribution < -0.4 is 5.32 Å². The maximum atomic E-state index is 12.0. The van der Waals surface area contributed by atoms with Crippen LogP contribution in [0.1, 0.15) is 23.5 Å². The molecule has 2 aromatic rings. The third-order valence-corrected chi connectivity index (χ3v) is 4.79. The van der Waals surface area contributed by atoms with E-state index in [1.807, 2.05) is 30.3 Å². The monoisotopic (exact) mass is 305 g/mol. The lowest BCUT2D eigenvalue weighted by Gasteiger charge is -2.14. The highest BCUT2D eigenvalue weighted by molar-refractivity contribution is 5.79. The zero-order valence-electron chi connectivity index (χ0n) is 12.9. The molecular weight excluding hydrogens is 286 g/mol. The number of hydrogen-bond acceptors (Lipinski definition) is 2. The molecule has 23 heavy (non-hydrogen) atoms. The van der Waals surface area contributed by atoms with Crippen molar-refractivity contribution in [1.82, 2.24) is 5.32 Å². The molecule has 0 heterocycles. The van der Waals surface area contributed by atoms with E-state index in [2.05, 4.69) is 36.2 Å². The molecule has 0 saturated heterocycles. The third-order valence-electron chi connectivity index (χ3n) is 4.79. The first-order chi connectivity index (χ1) is 11.3. The van der Waals surface area contributed by atoms with Gasteiger partial charge in [0.2, 0.25) is 0 Å². The first kappa shape index (κ1) is 14.1. The van der Waals surface area contributed by atoms with Gasteiger partial charge < -0.3 is 10.1 Å². The van der Waals surface area contributed by atoms with Crippen LogP contribution in [-0.2, 0) is 4.74 Å². The molecule has 0 aromatic heterocycles. The number of fused-ring (bicyclic) bond motifs is 3. The molecule has 0 aliphatic heterocycles. The maximum absolute atomic E-state index is 12.0. The van der Waals surface area contributed by atoms with Gasteiger partial charge in [-0.1, -0.05) is 54.6 Å². The lowest BCUT2D eigenvalue weighted by molar-refractivity contribution is 0.142. The van der Waals surface area contributed by atoms with Gasteiger partial charge in [0.05, 0.1) is 0 Å². The fourth-order valence-corrected chi connectivity index (χ4v) is 3.43. The number of rotatable bonds is 4. The molecule has 116 valence electrons. The largest absolute Gasteiger partial charge is 0.449 e. The van der Waals surface area contributed by atoms with Crippen molar-refractivity contribution in [2.75, 3.05) is 6.61 Å². The Balaban J connectivity index is 1.48. The summed E-state index contributed by atoms with van der Waals surface area (Å²) in [5.74, 6) is 0.512. The van der Waals surface area contributed by atoms with Gasteiger partial charge in [-0.2, -0.15) is 0 Å². The van der Waals surface area contributed by atoms with E-state index in [4.69, 9.17) is 4.74 Å². The molecule has 4 rings (SSSR count). The lowest BCUT2D eigenvalue weighted by atomic mass is 9.98. The summed E-state index contributed by atoms with van der Waals surface area (Å²) in [7, 11) is 0. The highest BCUT2D eigenvalue weighted by Gasteiger charge is 2.36. The molecule has 2 aromatic carbocycles. The average Bonchev–Trinajstić information content (AvgIpc) is 3.26. The second-order valence-electron chi connectivity index (χ2n) is 6.21. The summed E-state index contributed by atoms with van der Waals surface area (Å²) in [5.41, 5.74) is 4.95. The first-order valence-corrected chi connectivity index (χ1v) is 8.02. The van der Waals surface area contributed by atoms with Gasteiger partial charge >= 0.3 is 6.09 Å². The van der Waals surface area contributed by atoms with E-state index < -0.39 is 0 Å². The minimum atomic E-state index is -0.332. The highest BCUT2D eigenvalue weighted by Crippen LogP contribution is 2.44. The maximum Gasteiger partial charge on any atom is 0.407 e. The Morgan fingerprint density at radius 3 is 2.30 bits per heavy atom. The molecule has 2 aliphatic rings. The smallest absolute Gasteiger partial charge is 0.407 e. The van der Waals surface area contributed by atoms with Crippen LogP contribution in [0.3, 0.4) is 0 Å². The number of nitrogens with one attached hydrogen (secondary N) is 1. The average molecular weight is 305 g/mol. The van der Waals surface area contributed by atoms with Crippen molar-refractivity contribution in [3.63, 3.8) is 0 Å². The molecule has 0 radical (unpaired) electrons. The van der Waals surface area contributed by atoms with Gasteiger partial charge in [-0.25, -0.2) is 4.79 Å². The lowest BCUT2D eigenvalue weighted by Crippen LogP contribution is -2.28. The molecule has 0 spiro atoms. The van der Waals surface area contributed by atoms with E-state index >= 15 is 0 Å². The van der Waals surface area contributed by atoms with Crippen molar-refractivity contribution in [3.05, 3.63) is 72.3 Å². The summed E-state index contributed by atoms with van der Waals surface area (Å²) < 4.78 is 5.50. The van der Waals surface area contributed by atoms with Crippen LogP contribution in [0.4, 0.5) is 4.79 Å². The zero-order valence-corrected chi connectivity index (χ0v) is 12.9. The molecular formula is C20H19NO2. The quantitative estimate of drug-likeness (QED) is 0.864. The summed E-state index contributed by atoms with van der Waals surface area (Å²) in [4.78, 5) is 12.0. The fourth-order valence-electron chi connectivity index (χ4n) is 3.43. The highest BCUT2D eigenvalue weighted by atomic mass is 16.5. The predicted molar refractivity (Wildman–Crippen MR) is 90.3 cm³/mol. The summed E-state index contributed by atoms with van der Waals surface area (Å²) >= 11 is 0. The predicted octanol–water partition coefficient (Wildman–Crippen LogP) is 4.10. The second kappa shape index (κ2) is 5.58. The van der Waals surface area contributed by atoms with Crippen LogP contribution in [0.25, 0.3) is 11.1 Å². The molecule has 0 bridgehead atoms. The number of carbonyl (C=O) groups is 1. The van der Waals surface area contributed by atoms with Crippen molar-refractivity contribution < 1.29 is 9.53 Å². The van der Waals surface area contributed by atoms with E-state index in [1.165, 1.54) is 22.3 Å². The van der Waals surface area contributed by atoms with E-state index in [0.29, 0.717) is 12.5 Å². The number of hydrogen-bond donors (Lipinski definition) is 1. The summed E-state index contributed by atoms with van der Waals surface area (Å²) in [6.45, 7) is 4.11. The molecule has 3 heteroatoms. The molecule has 2 atom stereocenters. The van der Waals surface area contributed by atoms with Gasteiger partial charge in [0.1, 0.15) is 6.61 Å². The molecule has 1 amide bonds. The van der Waals surface area contributed by atoms with Crippen LogP contribution in [0.15, 0.2) is 61.2 Å². The van der Waals surface area contributed by atoms with Gasteiger partial charge in [-0.05, 0) is 34.6 Å². The van der Waals surface area contributed by atoms with Crippen LogP contribution in [0.2, 0.25) is 0 Å². The van der Waals surface area contributed by atoms with Gasteiger partial charge in [-0.3, -0.25) is 0 Å². The number of ether oxygens (including phenoxy) is 1. The summed E-state index contributed by atoms with van der Waals surface area (Å²) in [6, 6.07) is 16.9. The van der Waals surface area contributed by atoms with Crippen molar-refractivity contribution in [2.24, 2.45) is 5.92 Å². The normalized spacial score (nSPS) is 21.2. The SMILES string of the molecule is C=C[C@@H]1C[C@H]1NC(=O)OCC1c2ccccc2-c2ccccc21. The van der Waals surface area contributed by atoms with Crippen LogP contribution >= 0.6 is 0 Å². The Morgan fingerprint density at radius 2 is 1.74 bits per heavy atom. The van der Waals surface area contributed by atoms with Crippen LogP contribution in [0.5, 0.6) is 0 Å². The standard InChI is InChI=1S/C20H19NO2/c1-2-13-11-19(13)21-20(22)23-12-18-16-9-5-3-7-14(16)15-8-4-6-10-17(15)18/h2-10,13,18-19H,1,11-12H2,(H,21,22)/t13-,19-/m1/s1. The van der Waals surface area contributed by atoms with Gasteiger partial charge in [0.15, 0.2) is 0 Å². The van der Waals surface area contributed by atoms with Crippen molar-refractivity contribution in [3.8, 4) is 11.1 Å². The van der Waals surface area contributed by atoms with Crippen LogP contribution in [-0.4, -0.2) is 18.7 Å². The topological polar surface area (TPSA) is 38.3 Å². The number of carbonyl (C=O) groups excluding carboxylic acids is 1. The summed E-state index contributed by atoms with van der Waals surface area (Å²) in [5, 5.41) is 2.89. The third kappa shape index (κ3) is 2.52. The van der Waals surface area contributed by atoms with E-state index in [1.54, 1.807) is 0 Å². The Labute approximate surface area is 136 Å².